The quantitative estimate of drug-likeness (QED) is 0.803. The molecule has 3 rings (SSSR count). The fourth-order valence-corrected chi connectivity index (χ4v) is 4.66. The average Bonchev–Trinajstić information content (AvgIpc) is 3.09. The molecule has 0 radical (unpaired) electrons. The summed E-state index contributed by atoms with van der Waals surface area (Å²) in [5, 5.41) is 9.73. The lowest BCUT2D eigenvalue weighted by atomic mass is 9.81. The van der Waals surface area contributed by atoms with Crippen molar-refractivity contribution in [3.05, 3.63) is 35.6 Å². The van der Waals surface area contributed by atoms with Gasteiger partial charge in [-0.3, -0.25) is 14.5 Å². The Kier molecular flexibility index (Phi) is 6.77. The van der Waals surface area contributed by atoms with E-state index in [0.717, 1.165) is 18.4 Å². The number of hydrogen-bond acceptors (Lipinski definition) is 3. The van der Waals surface area contributed by atoms with Crippen LogP contribution in [0.4, 0.5) is 4.39 Å². The van der Waals surface area contributed by atoms with Crippen LogP contribution in [-0.2, 0) is 16.1 Å². The van der Waals surface area contributed by atoms with Gasteiger partial charge in [0.15, 0.2) is 0 Å². The van der Waals surface area contributed by atoms with E-state index in [1.54, 1.807) is 11.0 Å². The van der Waals surface area contributed by atoms with Crippen molar-refractivity contribution in [2.24, 2.45) is 11.3 Å². The molecule has 2 atom stereocenters. The van der Waals surface area contributed by atoms with E-state index in [-0.39, 0.29) is 36.6 Å². The Bertz CT molecular complexity index is 737. The zero-order valence-corrected chi connectivity index (χ0v) is 17.6. The number of carbonyl (C=O) groups is 2. The number of carboxylic acid groups (broad SMARTS) is 1. The first-order chi connectivity index (χ1) is 12.6. The molecule has 7 heteroatoms. The van der Waals surface area contributed by atoms with Crippen LogP contribution in [0.2, 0.25) is 0 Å². The third-order valence-electron chi connectivity index (χ3n) is 6.07. The molecule has 1 saturated heterocycles. The first-order valence-corrected chi connectivity index (χ1v) is 9.62. The molecule has 28 heavy (non-hydrogen) atoms. The second-order valence-corrected chi connectivity index (χ2v) is 9.00. The summed E-state index contributed by atoms with van der Waals surface area (Å²) in [6, 6.07) is 6.30. The van der Waals surface area contributed by atoms with E-state index < -0.39 is 16.9 Å². The van der Waals surface area contributed by atoms with Gasteiger partial charge in [0, 0.05) is 25.2 Å². The molecular weight excluding hydrogens is 383 g/mol. The molecule has 1 aliphatic heterocycles. The van der Waals surface area contributed by atoms with E-state index in [1.807, 2.05) is 31.7 Å². The lowest BCUT2D eigenvalue weighted by Crippen LogP contribution is -2.49. The molecule has 1 heterocycles. The number of likely N-dealkylation sites (tertiary alicyclic amines) is 1. The molecule has 1 N–H and O–H groups in total. The minimum atomic E-state index is -0.729. The normalized spacial score (nSPS) is 24.5. The Morgan fingerprint density at radius 2 is 2.07 bits per heavy atom. The highest BCUT2D eigenvalue weighted by Gasteiger charge is 2.55. The average molecular weight is 413 g/mol. The van der Waals surface area contributed by atoms with Crippen LogP contribution in [0.15, 0.2) is 24.3 Å². The van der Waals surface area contributed by atoms with Gasteiger partial charge in [0.25, 0.3) is 0 Å². The largest absolute Gasteiger partial charge is 0.481 e. The predicted molar refractivity (Wildman–Crippen MR) is 108 cm³/mol. The molecule has 2 aliphatic rings. The standard InChI is InChI=1S/C21H29FN2O3.ClH/c1-20(2,3)24(11-15-6-4-8-17(22)10-15)18(25)13-23-12-16-7-5-9-21(16,14-23)19(26)27;/h4,6,8,10,16H,5,7,9,11-14H2,1-3H3,(H,26,27);1H/t16-,21+;/m0./s1. The topological polar surface area (TPSA) is 60.9 Å². The Labute approximate surface area is 172 Å². The highest BCUT2D eigenvalue weighted by Crippen LogP contribution is 2.48. The van der Waals surface area contributed by atoms with Crippen LogP contribution < -0.4 is 0 Å². The number of amides is 1. The van der Waals surface area contributed by atoms with Gasteiger partial charge in [-0.05, 0) is 57.2 Å². The fraction of sp³-hybridized carbons (Fsp3) is 0.619. The summed E-state index contributed by atoms with van der Waals surface area (Å²) in [6.07, 6.45) is 2.57. The van der Waals surface area contributed by atoms with Crippen molar-refractivity contribution < 1.29 is 19.1 Å². The molecule has 1 saturated carbocycles. The zero-order valence-electron chi connectivity index (χ0n) is 16.8. The summed E-state index contributed by atoms with van der Waals surface area (Å²) >= 11 is 0. The van der Waals surface area contributed by atoms with Crippen molar-refractivity contribution >= 4 is 24.3 Å². The molecule has 0 unspecified atom stereocenters. The van der Waals surface area contributed by atoms with E-state index in [0.29, 0.717) is 26.1 Å². The second-order valence-electron chi connectivity index (χ2n) is 9.00. The summed E-state index contributed by atoms with van der Waals surface area (Å²) in [5.74, 6) is -0.960. The minimum absolute atomic E-state index is 0. The Hall–Kier alpha value is -1.66. The first kappa shape index (κ1) is 22.6. The predicted octanol–water partition coefficient (Wildman–Crippen LogP) is 3.56. The first-order valence-electron chi connectivity index (χ1n) is 9.62. The molecule has 0 spiro atoms. The molecule has 156 valence electrons. The molecule has 1 aliphatic carbocycles. The van der Waals surface area contributed by atoms with Crippen LogP contribution in [0.25, 0.3) is 0 Å². The number of rotatable bonds is 5. The number of fused-ring (bicyclic) bond motifs is 1. The van der Waals surface area contributed by atoms with E-state index in [1.165, 1.54) is 12.1 Å². The summed E-state index contributed by atoms with van der Waals surface area (Å²) in [4.78, 5) is 28.7. The third kappa shape index (κ3) is 4.49. The highest BCUT2D eigenvalue weighted by atomic mass is 35.5. The van der Waals surface area contributed by atoms with Gasteiger partial charge in [-0.25, -0.2) is 4.39 Å². The van der Waals surface area contributed by atoms with Crippen LogP contribution in [0, 0.1) is 17.2 Å². The number of aliphatic carboxylic acids is 1. The number of halogens is 2. The lowest BCUT2D eigenvalue weighted by molar-refractivity contribution is -0.150. The Morgan fingerprint density at radius 3 is 2.64 bits per heavy atom. The van der Waals surface area contributed by atoms with Gasteiger partial charge < -0.3 is 10.0 Å². The number of carbonyl (C=O) groups excluding carboxylic acids is 1. The molecule has 0 aromatic heterocycles. The van der Waals surface area contributed by atoms with Gasteiger partial charge in [0.2, 0.25) is 5.91 Å². The molecule has 1 aromatic rings. The van der Waals surface area contributed by atoms with Crippen LogP contribution in [0.5, 0.6) is 0 Å². The van der Waals surface area contributed by atoms with E-state index in [9.17, 15) is 19.1 Å². The SMILES string of the molecule is CC(C)(C)N(Cc1cccc(F)c1)C(=O)CN1C[C@@H]2CCC[C@@]2(C(=O)O)C1.Cl. The maximum Gasteiger partial charge on any atom is 0.311 e. The van der Waals surface area contributed by atoms with E-state index >= 15 is 0 Å². The van der Waals surface area contributed by atoms with Crippen molar-refractivity contribution in [3.63, 3.8) is 0 Å². The van der Waals surface area contributed by atoms with Gasteiger partial charge in [0.05, 0.1) is 12.0 Å². The highest BCUT2D eigenvalue weighted by molar-refractivity contribution is 5.85. The second kappa shape index (κ2) is 8.37. The molecule has 1 aromatic carbocycles. The summed E-state index contributed by atoms with van der Waals surface area (Å²) in [5.41, 5.74) is -0.350. The number of hydrogen-bond donors (Lipinski definition) is 1. The number of nitrogens with zero attached hydrogens (tertiary/aromatic N) is 2. The van der Waals surface area contributed by atoms with Crippen LogP contribution in [-0.4, -0.2) is 52.0 Å². The molecule has 5 nitrogen and oxygen atoms in total. The number of carboxylic acids is 1. The Balaban J connectivity index is 0.00000280. The van der Waals surface area contributed by atoms with Gasteiger partial charge >= 0.3 is 5.97 Å². The monoisotopic (exact) mass is 412 g/mol. The fourth-order valence-electron chi connectivity index (χ4n) is 4.66. The maximum absolute atomic E-state index is 13.5. The van der Waals surface area contributed by atoms with Gasteiger partial charge in [-0.15, -0.1) is 12.4 Å². The zero-order chi connectivity index (χ0) is 19.8. The Morgan fingerprint density at radius 1 is 1.36 bits per heavy atom. The smallest absolute Gasteiger partial charge is 0.311 e. The van der Waals surface area contributed by atoms with Gasteiger partial charge in [-0.1, -0.05) is 18.6 Å². The molecule has 0 bridgehead atoms. The molecular formula is C21H30ClFN2O3. The van der Waals surface area contributed by atoms with Crippen LogP contribution in [0.3, 0.4) is 0 Å². The lowest BCUT2D eigenvalue weighted by Gasteiger charge is -2.37. The van der Waals surface area contributed by atoms with Crippen molar-refractivity contribution in [2.75, 3.05) is 19.6 Å². The molecule has 1 amide bonds. The van der Waals surface area contributed by atoms with E-state index in [4.69, 9.17) is 0 Å². The molecule has 2 fully saturated rings. The third-order valence-corrected chi connectivity index (χ3v) is 6.07. The summed E-state index contributed by atoms with van der Waals surface area (Å²) < 4.78 is 13.5. The summed E-state index contributed by atoms with van der Waals surface area (Å²) in [6.45, 7) is 7.52. The van der Waals surface area contributed by atoms with Crippen molar-refractivity contribution in [3.8, 4) is 0 Å². The minimum Gasteiger partial charge on any atom is -0.481 e. The maximum atomic E-state index is 13.5. The van der Waals surface area contributed by atoms with E-state index in [2.05, 4.69) is 0 Å². The number of benzene rings is 1. The van der Waals surface area contributed by atoms with Gasteiger partial charge in [-0.2, -0.15) is 0 Å². The van der Waals surface area contributed by atoms with Gasteiger partial charge in [0.1, 0.15) is 5.82 Å². The van der Waals surface area contributed by atoms with Crippen molar-refractivity contribution in [2.45, 2.75) is 52.1 Å². The summed E-state index contributed by atoms with van der Waals surface area (Å²) in [7, 11) is 0. The van der Waals surface area contributed by atoms with Crippen molar-refractivity contribution in [1.82, 2.24) is 9.80 Å². The van der Waals surface area contributed by atoms with Crippen molar-refractivity contribution in [1.29, 1.82) is 0 Å². The van der Waals surface area contributed by atoms with Crippen LogP contribution in [0.1, 0.15) is 45.6 Å². The van der Waals surface area contributed by atoms with Crippen LogP contribution >= 0.6 is 12.4 Å².